The largest absolute Gasteiger partial charge is 0.223 e. The molecule has 7 heteroatoms. The Labute approximate surface area is 222 Å². The second-order valence-corrected chi connectivity index (χ2v) is 15.1. The van der Waals surface area contributed by atoms with Gasteiger partial charge in [0, 0.05) is 11.8 Å². The molecule has 4 aliphatic carbocycles. The van der Waals surface area contributed by atoms with Crippen LogP contribution in [-0.4, -0.2) is 27.3 Å². The summed E-state index contributed by atoms with van der Waals surface area (Å²) in [6, 6.07) is 22.6. The molecule has 0 aromatic heterocycles. The third-order valence-corrected chi connectivity index (χ3v) is 13.7. The first kappa shape index (κ1) is 24.0. The van der Waals surface area contributed by atoms with Crippen molar-refractivity contribution in [3.05, 3.63) is 113 Å². The van der Waals surface area contributed by atoms with Crippen LogP contribution in [0, 0.1) is 29.5 Å². The van der Waals surface area contributed by atoms with Crippen LogP contribution in [0.4, 0.5) is 4.39 Å². The molecule has 2 saturated carbocycles. The summed E-state index contributed by atoms with van der Waals surface area (Å²) < 4.78 is 71.2. The van der Waals surface area contributed by atoms with E-state index in [9.17, 15) is 21.2 Å². The van der Waals surface area contributed by atoms with Crippen LogP contribution in [0.25, 0.3) is 6.08 Å². The number of allylic oxidation sites excluding steroid dienone is 3. The van der Waals surface area contributed by atoms with Gasteiger partial charge in [0.05, 0.1) is 20.3 Å². The van der Waals surface area contributed by atoms with Crippen molar-refractivity contribution in [2.24, 2.45) is 23.7 Å². The number of fused-ring (bicyclic) bond motifs is 8. The summed E-state index contributed by atoms with van der Waals surface area (Å²) in [5.74, 6) is -0.742. The summed E-state index contributed by atoms with van der Waals surface area (Å²) in [5.41, 5.74) is 3.94. The van der Waals surface area contributed by atoms with E-state index in [1.165, 1.54) is 23.3 Å². The number of sulfone groups is 2. The Bertz CT molecular complexity index is 1590. The fraction of sp³-hybridized carbons (Fsp3) is 0.290. The average molecular weight is 547 g/mol. The molecule has 2 fully saturated rings. The van der Waals surface area contributed by atoms with Gasteiger partial charge in [0.2, 0.25) is 0 Å². The maximum absolute atomic E-state index is 14.4. The molecular formula is C31H27FO4S2. The highest BCUT2D eigenvalue weighted by Gasteiger charge is 2.67. The summed E-state index contributed by atoms with van der Waals surface area (Å²) in [4.78, 5) is 0.300. The van der Waals surface area contributed by atoms with Gasteiger partial charge >= 0.3 is 0 Å². The fourth-order valence-electron chi connectivity index (χ4n) is 7.73. The van der Waals surface area contributed by atoms with Gasteiger partial charge in [-0.05, 0) is 73.1 Å². The van der Waals surface area contributed by atoms with E-state index in [-0.39, 0.29) is 15.6 Å². The summed E-state index contributed by atoms with van der Waals surface area (Å²) in [7, 11) is -8.02. The predicted octanol–water partition coefficient (Wildman–Crippen LogP) is 5.88. The molecule has 0 unspecified atom stereocenters. The van der Waals surface area contributed by atoms with E-state index < -0.39 is 42.0 Å². The standard InChI is InChI=1S/C31H27FO4S2/c32-22-15-11-19(12-16-22)17-25-28-26-20-13-14-21(18-20)27(26)29(25)31(38(35,36)24-9-5-2-6-10-24)30(28)37(33,34)23-7-3-1-4-8-23/h1-12,15-17,20-21,28-31H,13-14,18H2/t20-,21-,28-,29-,30-,31-/m0/s1. The zero-order valence-electron chi connectivity index (χ0n) is 20.6. The van der Waals surface area contributed by atoms with Gasteiger partial charge in [0.25, 0.3) is 0 Å². The molecule has 4 nitrogen and oxygen atoms in total. The molecule has 3 aromatic carbocycles. The first-order valence-electron chi connectivity index (χ1n) is 13.1. The van der Waals surface area contributed by atoms with E-state index in [0.29, 0.717) is 11.8 Å². The Morgan fingerprint density at radius 3 is 1.53 bits per heavy atom. The maximum atomic E-state index is 14.4. The second-order valence-electron chi connectivity index (χ2n) is 10.9. The first-order chi connectivity index (χ1) is 18.3. The quantitative estimate of drug-likeness (QED) is 0.296. The zero-order chi connectivity index (χ0) is 26.2. The van der Waals surface area contributed by atoms with Crippen LogP contribution in [0.15, 0.2) is 111 Å². The number of halogens is 1. The third kappa shape index (κ3) is 3.37. The third-order valence-electron chi connectivity index (χ3n) is 9.08. The molecule has 3 aromatic rings. The van der Waals surface area contributed by atoms with Crippen LogP contribution in [0.1, 0.15) is 24.8 Å². The molecule has 0 amide bonds. The van der Waals surface area contributed by atoms with Crippen LogP contribution >= 0.6 is 0 Å². The van der Waals surface area contributed by atoms with Gasteiger partial charge in [-0.3, -0.25) is 0 Å². The molecule has 4 bridgehead atoms. The monoisotopic (exact) mass is 546 g/mol. The molecule has 0 saturated heterocycles. The highest BCUT2D eigenvalue weighted by Crippen LogP contribution is 2.68. The van der Waals surface area contributed by atoms with Gasteiger partial charge in [-0.25, -0.2) is 21.2 Å². The van der Waals surface area contributed by atoms with Crippen molar-refractivity contribution in [2.45, 2.75) is 39.6 Å². The molecule has 0 spiro atoms. The zero-order valence-corrected chi connectivity index (χ0v) is 22.2. The van der Waals surface area contributed by atoms with Crippen LogP contribution < -0.4 is 0 Å². The van der Waals surface area contributed by atoms with Gasteiger partial charge in [0.1, 0.15) is 5.82 Å². The highest BCUT2D eigenvalue weighted by molar-refractivity contribution is 7.96. The average Bonchev–Trinajstić information content (AvgIpc) is 3.70. The maximum Gasteiger partial charge on any atom is 0.183 e. The van der Waals surface area contributed by atoms with Crippen molar-refractivity contribution in [1.82, 2.24) is 0 Å². The van der Waals surface area contributed by atoms with Gasteiger partial charge in [0.15, 0.2) is 19.7 Å². The molecule has 0 heterocycles. The van der Waals surface area contributed by atoms with Crippen molar-refractivity contribution < 1.29 is 21.2 Å². The van der Waals surface area contributed by atoms with E-state index in [1.807, 2.05) is 6.08 Å². The lowest BCUT2D eigenvalue weighted by molar-refractivity contribution is 0.494. The Kier molecular flexibility index (Phi) is 5.37. The molecule has 0 aliphatic heterocycles. The molecular weight excluding hydrogens is 519 g/mol. The van der Waals surface area contributed by atoms with Crippen molar-refractivity contribution in [1.29, 1.82) is 0 Å². The molecule has 0 N–H and O–H groups in total. The molecule has 38 heavy (non-hydrogen) atoms. The number of benzene rings is 3. The first-order valence-corrected chi connectivity index (χ1v) is 16.2. The molecule has 0 radical (unpaired) electrons. The number of rotatable bonds is 5. The van der Waals surface area contributed by atoms with Gasteiger partial charge in [-0.2, -0.15) is 0 Å². The van der Waals surface area contributed by atoms with Crippen molar-refractivity contribution in [3.63, 3.8) is 0 Å². The smallest absolute Gasteiger partial charge is 0.183 e. The Morgan fingerprint density at radius 1 is 0.632 bits per heavy atom. The fourth-order valence-corrected chi connectivity index (χ4v) is 12.7. The minimum absolute atomic E-state index is 0.150. The second kappa shape index (κ2) is 8.48. The van der Waals surface area contributed by atoms with Crippen molar-refractivity contribution in [3.8, 4) is 0 Å². The van der Waals surface area contributed by atoms with Crippen LogP contribution in [0.2, 0.25) is 0 Å². The number of hydrogen-bond acceptors (Lipinski definition) is 4. The molecule has 7 rings (SSSR count). The summed E-state index contributed by atoms with van der Waals surface area (Å²) in [6.45, 7) is 0. The van der Waals surface area contributed by atoms with Crippen molar-refractivity contribution >= 4 is 25.8 Å². The van der Waals surface area contributed by atoms with E-state index in [2.05, 4.69) is 0 Å². The topological polar surface area (TPSA) is 68.3 Å². The van der Waals surface area contributed by atoms with Crippen LogP contribution in [0.3, 0.4) is 0 Å². The summed E-state index contributed by atoms with van der Waals surface area (Å²) >= 11 is 0. The van der Waals surface area contributed by atoms with Crippen LogP contribution in [0.5, 0.6) is 0 Å². The van der Waals surface area contributed by atoms with Crippen LogP contribution in [-0.2, 0) is 19.7 Å². The van der Waals surface area contributed by atoms with Crippen molar-refractivity contribution in [2.75, 3.05) is 0 Å². The van der Waals surface area contributed by atoms with Gasteiger partial charge in [-0.15, -0.1) is 0 Å². The summed E-state index contributed by atoms with van der Waals surface area (Å²) in [6.07, 6.45) is 4.95. The molecule has 194 valence electrons. The Balaban J connectivity index is 1.49. The van der Waals surface area contributed by atoms with E-state index in [4.69, 9.17) is 0 Å². The molecule has 4 aliphatic rings. The summed E-state index contributed by atoms with van der Waals surface area (Å²) in [5, 5.41) is -2.24. The van der Waals surface area contributed by atoms with Gasteiger partial charge < -0.3 is 0 Å². The lowest BCUT2D eigenvalue weighted by Gasteiger charge is -2.35. The minimum atomic E-state index is -4.01. The Hall–Kier alpha value is -3.03. The normalized spacial score (nSPS) is 29.7. The predicted molar refractivity (Wildman–Crippen MR) is 144 cm³/mol. The lowest BCUT2D eigenvalue weighted by Crippen LogP contribution is -2.45. The SMILES string of the molecule is O=S(=O)(c1ccccc1)[C@H]1[C@H]2C(=Cc3ccc(F)cc3)[C@@H](C3=C2[C@H]2CC[C@H]3C2)[C@@H]1S(=O)(=O)c1ccccc1. The highest BCUT2D eigenvalue weighted by atomic mass is 32.2. The van der Waals surface area contributed by atoms with E-state index >= 15 is 0 Å². The Morgan fingerprint density at radius 2 is 1.08 bits per heavy atom. The lowest BCUT2D eigenvalue weighted by atomic mass is 9.82. The number of hydrogen-bond donors (Lipinski definition) is 0. The van der Waals surface area contributed by atoms with Gasteiger partial charge in [-0.1, -0.05) is 71.3 Å². The van der Waals surface area contributed by atoms with E-state index in [0.717, 1.165) is 30.4 Å². The molecule has 6 atom stereocenters. The minimum Gasteiger partial charge on any atom is -0.223 e. The van der Waals surface area contributed by atoms with E-state index in [1.54, 1.807) is 72.8 Å².